The maximum absolute atomic E-state index is 4.25. The zero-order chi connectivity index (χ0) is 12.3. The third-order valence-electron chi connectivity index (χ3n) is 3.03. The number of benzene rings is 1. The van der Waals surface area contributed by atoms with Crippen LogP contribution in [0.3, 0.4) is 0 Å². The van der Waals surface area contributed by atoms with Crippen LogP contribution in [0.15, 0.2) is 30.6 Å². The Balaban J connectivity index is 2.00. The van der Waals surface area contributed by atoms with Crippen LogP contribution in [0.1, 0.15) is 35.5 Å². The van der Waals surface area contributed by atoms with Gasteiger partial charge in [-0.1, -0.05) is 23.8 Å². The first-order chi connectivity index (χ1) is 8.16. The Morgan fingerprint density at radius 1 is 1.35 bits per heavy atom. The molecule has 2 aromatic rings. The minimum Gasteiger partial charge on any atom is -0.347 e. The first-order valence-electron chi connectivity index (χ1n) is 5.95. The lowest BCUT2D eigenvalue weighted by atomic mass is 10.1. The van der Waals surface area contributed by atoms with Gasteiger partial charge in [-0.05, 0) is 31.9 Å². The number of hydrogen-bond acceptors (Lipinski definition) is 2. The molecular weight excluding hydrogens is 210 g/mol. The van der Waals surface area contributed by atoms with Gasteiger partial charge in [-0.15, -0.1) is 0 Å². The summed E-state index contributed by atoms with van der Waals surface area (Å²) in [5.41, 5.74) is 3.98. The van der Waals surface area contributed by atoms with Crippen molar-refractivity contribution in [1.82, 2.24) is 15.3 Å². The highest BCUT2D eigenvalue weighted by molar-refractivity contribution is 5.30. The van der Waals surface area contributed by atoms with Crippen molar-refractivity contribution in [3.8, 4) is 0 Å². The molecule has 0 amide bonds. The standard InChI is InChI=1S/C14H19N3/c1-10-4-5-11(2)13(8-10)9-17-12(3)14-15-6-7-16-14/h4-8,12,17H,9H2,1-3H3,(H,15,16). The van der Waals surface area contributed by atoms with Crippen molar-refractivity contribution >= 4 is 0 Å². The number of aromatic nitrogens is 2. The van der Waals surface area contributed by atoms with Gasteiger partial charge in [0.2, 0.25) is 0 Å². The Hall–Kier alpha value is -1.61. The van der Waals surface area contributed by atoms with Gasteiger partial charge in [-0.3, -0.25) is 0 Å². The molecule has 0 aliphatic rings. The highest BCUT2D eigenvalue weighted by Crippen LogP contribution is 2.12. The molecule has 1 aromatic heterocycles. The van der Waals surface area contributed by atoms with Gasteiger partial charge in [0.25, 0.3) is 0 Å². The van der Waals surface area contributed by atoms with E-state index in [0.29, 0.717) is 0 Å². The maximum atomic E-state index is 4.25. The molecule has 2 N–H and O–H groups in total. The van der Waals surface area contributed by atoms with Crippen LogP contribution in [0.4, 0.5) is 0 Å². The number of H-pyrrole nitrogens is 1. The van der Waals surface area contributed by atoms with E-state index in [9.17, 15) is 0 Å². The van der Waals surface area contributed by atoms with Crippen molar-refractivity contribution in [2.24, 2.45) is 0 Å². The normalized spacial score (nSPS) is 12.6. The Labute approximate surface area is 102 Å². The predicted molar refractivity (Wildman–Crippen MR) is 69.8 cm³/mol. The number of aryl methyl sites for hydroxylation is 2. The highest BCUT2D eigenvalue weighted by Gasteiger charge is 2.07. The first kappa shape index (κ1) is 11.9. The molecule has 1 unspecified atom stereocenters. The fourth-order valence-electron chi connectivity index (χ4n) is 1.86. The summed E-state index contributed by atoms with van der Waals surface area (Å²) in [6.07, 6.45) is 3.64. The average Bonchev–Trinajstić information content (AvgIpc) is 2.83. The maximum Gasteiger partial charge on any atom is 0.122 e. The lowest BCUT2D eigenvalue weighted by Crippen LogP contribution is -2.19. The lowest BCUT2D eigenvalue weighted by Gasteiger charge is -2.13. The van der Waals surface area contributed by atoms with Crippen LogP contribution in [0.25, 0.3) is 0 Å². The number of rotatable bonds is 4. The molecule has 17 heavy (non-hydrogen) atoms. The smallest absolute Gasteiger partial charge is 0.122 e. The van der Waals surface area contributed by atoms with Crippen molar-refractivity contribution in [3.63, 3.8) is 0 Å². The fourth-order valence-corrected chi connectivity index (χ4v) is 1.86. The topological polar surface area (TPSA) is 40.7 Å². The van der Waals surface area contributed by atoms with E-state index in [4.69, 9.17) is 0 Å². The Morgan fingerprint density at radius 3 is 2.88 bits per heavy atom. The second-order valence-electron chi connectivity index (χ2n) is 4.51. The summed E-state index contributed by atoms with van der Waals surface area (Å²) in [7, 11) is 0. The van der Waals surface area contributed by atoms with Gasteiger partial charge in [0.05, 0.1) is 6.04 Å². The number of nitrogens with one attached hydrogen (secondary N) is 2. The van der Waals surface area contributed by atoms with E-state index in [1.165, 1.54) is 16.7 Å². The molecule has 1 aromatic carbocycles. The van der Waals surface area contributed by atoms with E-state index in [-0.39, 0.29) is 6.04 Å². The number of nitrogens with zero attached hydrogens (tertiary/aromatic N) is 1. The van der Waals surface area contributed by atoms with Crippen LogP contribution in [-0.2, 0) is 6.54 Å². The molecule has 2 rings (SSSR count). The number of imidazole rings is 1. The zero-order valence-electron chi connectivity index (χ0n) is 10.6. The Kier molecular flexibility index (Phi) is 3.59. The van der Waals surface area contributed by atoms with E-state index in [1.54, 1.807) is 6.20 Å². The minimum atomic E-state index is 0.241. The van der Waals surface area contributed by atoms with E-state index >= 15 is 0 Å². The van der Waals surface area contributed by atoms with E-state index in [1.807, 2.05) is 6.20 Å². The molecule has 1 heterocycles. The van der Waals surface area contributed by atoms with Crippen molar-refractivity contribution in [2.45, 2.75) is 33.4 Å². The van der Waals surface area contributed by atoms with Gasteiger partial charge < -0.3 is 10.3 Å². The molecule has 0 radical (unpaired) electrons. The molecule has 0 saturated carbocycles. The summed E-state index contributed by atoms with van der Waals surface area (Å²) in [6.45, 7) is 7.26. The van der Waals surface area contributed by atoms with Crippen LogP contribution in [0, 0.1) is 13.8 Å². The third kappa shape index (κ3) is 2.94. The molecule has 0 aliphatic carbocycles. The summed E-state index contributed by atoms with van der Waals surface area (Å²) in [5, 5.41) is 3.48. The van der Waals surface area contributed by atoms with Crippen molar-refractivity contribution < 1.29 is 0 Å². The van der Waals surface area contributed by atoms with Gasteiger partial charge in [0, 0.05) is 18.9 Å². The summed E-state index contributed by atoms with van der Waals surface area (Å²) in [4.78, 5) is 7.38. The summed E-state index contributed by atoms with van der Waals surface area (Å²) >= 11 is 0. The minimum absolute atomic E-state index is 0.241. The van der Waals surface area contributed by atoms with Crippen molar-refractivity contribution in [2.75, 3.05) is 0 Å². The van der Waals surface area contributed by atoms with Gasteiger partial charge in [-0.2, -0.15) is 0 Å². The first-order valence-corrected chi connectivity index (χ1v) is 5.95. The predicted octanol–water partition coefficient (Wildman–Crippen LogP) is 2.88. The number of aromatic amines is 1. The van der Waals surface area contributed by atoms with Crippen LogP contribution in [0.5, 0.6) is 0 Å². The SMILES string of the molecule is Cc1ccc(C)c(CNC(C)c2ncc[nH]2)c1. The van der Waals surface area contributed by atoms with Crippen LogP contribution in [0.2, 0.25) is 0 Å². The van der Waals surface area contributed by atoms with Gasteiger partial charge in [0.15, 0.2) is 0 Å². The van der Waals surface area contributed by atoms with Crippen LogP contribution < -0.4 is 5.32 Å². The fraction of sp³-hybridized carbons (Fsp3) is 0.357. The average molecular weight is 229 g/mol. The van der Waals surface area contributed by atoms with E-state index < -0.39 is 0 Å². The third-order valence-corrected chi connectivity index (χ3v) is 3.03. The molecule has 1 atom stereocenters. The summed E-state index contributed by atoms with van der Waals surface area (Å²) in [5.74, 6) is 0.982. The molecular formula is C14H19N3. The lowest BCUT2D eigenvalue weighted by molar-refractivity contribution is 0.549. The molecule has 0 bridgehead atoms. The van der Waals surface area contributed by atoms with E-state index in [0.717, 1.165) is 12.4 Å². The molecule has 0 aliphatic heterocycles. The Bertz CT molecular complexity index is 474. The molecule has 0 spiro atoms. The Morgan fingerprint density at radius 2 is 2.18 bits per heavy atom. The second-order valence-corrected chi connectivity index (χ2v) is 4.51. The molecule has 0 fully saturated rings. The van der Waals surface area contributed by atoms with E-state index in [2.05, 4.69) is 54.3 Å². The molecule has 0 saturated heterocycles. The van der Waals surface area contributed by atoms with Gasteiger partial charge in [-0.25, -0.2) is 4.98 Å². The van der Waals surface area contributed by atoms with Crippen molar-refractivity contribution in [1.29, 1.82) is 0 Å². The quantitative estimate of drug-likeness (QED) is 0.846. The van der Waals surface area contributed by atoms with Crippen LogP contribution >= 0.6 is 0 Å². The number of hydrogen-bond donors (Lipinski definition) is 2. The highest BCUT2D eigenvalue weighted by atomic mass is 15.0. The van der Waals surface area contributed by atoms with Gasteiger partial charge in [0.1, 0.15) is 5.82 Å². The van der Waals surface area contributed by atoms with Crippen molar-refractivity contribution in [3.05, 3.63) is 53.1 Å². The summed E-state index contributed by atoms with van der Waals surface area (Å²) in [6, 6.07) is 6.79. The van der Waals surface area contributed by atoms with Crippen LogP contribution in [-0.4, -0.2) is 9.97 Å². The largest absolute Gasteiger partial charge is 0.347 e. The summed E-state index contributed by atoms with van der Waals surface area (Å²) < 4.78 is 0. The molecule has 3 nitrogen and oxygen atoms in total. The monoisotopic (exact) mass is 229 g/mol. The van der Waals surface area contributed by atoms with Gasteiger partial charge >= 0.3 is 0 Å². The zero-order valence-corrected chi connectivity index (χ0v) is 10.6. The second kappa shape index (κ2) is 5.15. The molecule has 90 valence electrons. The molecule has 3 heteroatoms.